The number of halogens is 1. The van der Waals surface area contributed by atoms with Crippen molar-refractivity contribution in [1.82, 2.24) is 20.0 Å². The fourth-order valence-corrected chi connectivity index (χ4v) is 3.08. The molecule has 0 saturated carbocycles. The van der Waals surface area contributed by atoms with Crippen molar-refractivity contribution in [3.63, 3.8) is 0 Å². The van der Waals surface area contributed by atoms with Gasteiger partial charge >= 0.3 is 6.01 Å². The number of aromatic nitrogens is 3. The van der Waals surface area contributed by atoms with Crippen LogP contribution >= 0.6 is 0 Å². The summed E-state index contributed by atoms with van der Waals surface area (Å²) >= 11 is 0. The molecule has 138 valence electrons. The number of hydrogen-bond acceptors (Lipinski definition) is 6. The van der Waals surface area contributed by atoms with Crippen molar-refractivity contribution in [2.24, 2.45) is 0 Å². The van der Waals surface area contributed by atoms with E-state index in [1.807, 2.05) is 0 Å². The van der Waals surface area contributed by atoms with E-state index < -0.39 is 5.82 Å². The molecule has 1 atom stereocenters. The molecule has 0 radical (unpaired) electrons. The number of hydrogen-bond donors (Lipinski definition) is 0. The lowest BCUT2D eigenvalue weighted by Gasteiger charge is -2.30. The van der Waals surface area contributed by atoms with Gasteiger partial charge in [-0.2, -0.15) is 4.98 Å². The number of amides is 1. The zero-order chi connectivity index (χ0) is 18.6. The van der Waals surface area contributed by atoms with Crippen molar-refractivity contribution in [2.75, 3.05) is 13.1 Å². The standard InChI is InChI=1S/C19H17FN4O3/c20-14-6-3-7-15(11-14)26-19-22-17(27-23-19)13-5-4-10-24(12-13)18(25)16-8-1-2-9-21-16/h1-3,6-9,11,13H,4-5,10,12H2/t13-/m0/s1. The van der Waals surface area contributed by atoms with Gasteiger partial charge in [0.25, 0.3) is 5.91 Å². The lowest BCUT2D eigenvalue weighted by molar-refractivity contribution is 0.0689. The molecule has 8 heteroatoms. The first-order valence-corrected chi connectivity index (χ1v) is 8.66. The summed E-state index contributed by atoms with van der Waals surface area (Å²) in [5.74, 6) is 0.0878. The summed E-state index contributed by atoms with van der Waals surface area (Å²) in [5, 5.41) is 3.80. The molecule has 0 spiro atoms. The SMILES string of the molecule is O=C(c1ccccn1)N1CCC[C@H](c2nc(Oc3cccc(F)c3)no2)C1. The Morgan fingerprint density at radius 1 is 1.26 bits per heavy atom. The highest BCUT2D eigenvalue weighted by Gasteiger charge is 2.29. The molecule has 3 heterocycles. The molecule has 4 rings (SSSR count). The third kappa shape index (κ3) is 3.94. The van der Waals surface area contributed by atoms with Crippen LogP contribution in [0, 0.1) is 5.82 Å². The lowest BCUT2D eigenvalue weighted by Crippen LogP contribution is -2.39. The van der Waals surface area contributed by atoms with Gasteiger partial charge in [0.1, 0.15) is 17.3 Å². The molecule has 1 aromatic carbocycles. The summed E-state index contributed by atoms with van der Waals surface area (Å²) in [6.07, 6.45) is 3.25. The number of rotatable bonds is 4. The van der Waals surface area contributed by atoms with Gasteiger partial charge in [0.2, 0.25) is 5.89 Å². The molecular formula is C19H17FN4O3. The van der Waals surface area contributed by atoms with Crippen LogP contribution in [0.2, 0.25) is 0 Å². The quantitative estimate of drug-likeness (QED) is 0.702. The van der Waals surface area contributed by atoms with Crippen LogP contribution in [0.3, 0.4) is 0 Å². The maximum atomic E-state index is 13.2. The van der Waals surface area contributed by atoms with Crippen LogP contribution in [-0.4, -0.2) is 39.0 Å². The summed E-state index contributed by atoms with van der Waals surface area (Å²) < 4.78 is 24.0. The van der Waals surface area contributed by atoms with E-state index in [0.717, 1.165) is 12.8 Å². The molecule has 1 fully saturated rings. The summed E-state index contributed by atoms with van der Waals surface area (Å²) in [5.41, 5.74) is 0.416. The Bertz CT molecular complexity index is 931. The van der Waals surface area contributed by atoms with Crippen LogP contribution in [-0.2, 0) is 0 Å². The predicted octanol–water partition coefficient (Wildman–Crippen LogP) is 3.42. The Labute approximate surface area is 154 Å². The molecule has 1 saturated heterocycles. The highest BCUT2D eigenvalue weighted by Crippen LogP contribution is 2.28. The van der Waals surface area contributed by atoms with Gasteiger partial charge in [-0.25, -0.2) is 4.39 Å². The number of nitrogens with zero attached hydrogens (tertiary/aromatic N) is 4. The smallest absolute Gasteiger partial charge is 0.359 e. The monoisotopic (exact) mass is 368 g/mol. The maximum absolute atomic E-state index is 13.2. The van der Waals surface area contributed by atoms with Crippen molar-refractivity contribution < 1.29 is 18.4 Å². The van der Waals surface area contributed by atoms with Crippen molar-refractivity contribution >= 4 is 5.91 Å². The lowest BCUT2D eigenvalue weighted by atomic mass is 9.97. The first kappa shape index (κ1) is 17.1. The molecule has 0 aliphatic carbocycles. The van der Waals surface area contributed by atoms with Crippen LogP contribution in [0.15, 0.2) is 53.2 Å². The second-order valence-corrected chi connectivity index (χ2v) is 6.28. The molecule has 7 nitrogen and oxygen atoms in total. The zero-order valence-electron chi connectivity index (χ0n) is 14.4. The van der Waals surface area contributed by atoms with E-state index in [0.29, 0.717) is 24.7 Å². The van der Waals surface area contributed by atoms with Crippen LogP contribution in [0.25, 0.3) is 0 Å². The number of pyridine rings is 1. The Morgan fingerprint density at radius 2 is 2.19 bits per heavy atom. The molecule has 0 bridgehead atoms. The molecule has 0 unspecified atom stereocenters. The third-order valence-electron chi connectivity index (χ3n) is 4.37. The van der Waals surface area contributed by atoms with Gasteiger partial charge in [-0.05, 0) is 42.3 Å². The second-order valence-electron chi connectivity index (χ2n) is 6.28. The number of likely N-dealkylation sites (tertiary alicyclic amines) is 1. The Hall–Kier alpha value is -3.29. The van der Waals surface area contributed by atoms with Crippen molar-refractivity contribution in [3.8, 4) is 11.8 Å². The largest absolute Gasteiger partial charge is 0.422 e. The molecule has 0 N–H and O–H groups in total. The first-order valence-electron chi connectivity index (χ1n) is 8.66. The summed E-state index contributed by atoms with van der Waals surface area (Å²) in [4.78, 5) is 22.7. The number of carbonyl (C=O) groups excluding carboxylic acids is 1. The number of piperidine rings is 1. The summed E-state index contributed by atoms with van der Waals surface area (Å²) in [7, 11) is 0. The number of ether oxygens (including phenoxy) is 1. The van der Waals surface area contributed by atoms with Gasteiger partial charge in [0, 0.05) is 25.4 Å². The van der Waals surface area contributed by atoms with Crippen LogP contribution in [0.5, 0.6) is 11.8 Å². The normalized spacial score (nSPS) is 16.9. The first-order chi connectivity index (χ1) is 13.2. The van der Waals surface area contributed by atoms with Gasteiger partial charge in [0.15, 0.2) is 0 Å². The van der Waals surface area contributed by atoms with E-state index in [2.05, 4.69) is 15.1 Å². The number of carbonyl (C=O) groups is 1. The zero-order valence-corrected chi connectivity index (χ0v) is 14.4. The minimum Gasteiger partial charge on any atom is -0.422 e. The maximum Gasteiger partial charge on any atom is 0.359 e. The second kappa shape index (κ2) is 7.53. The minimum absolute atomic E-state index is 0.0174. The van der Waals surface area contributed by atoms with Crippen LogP contribution in [0.1, 0.15) is 35.1 Å². The van der Waals surface area contributed by atoms with Gasteiger partial charge < -0.3 is 14.2 Å². The van der Waals surface area contributed by atoms with E-state index in [1.54, 1.807) is 35.4 Å². The van der Waals surface area contributed by atoms with Gasteiger partial charge in [-0.3, -0.25) is 9.78 Å². The molecular weight excluding hydrogens is 351 g/mol. The molecule has 27 heavy (non-hydrogen) atoms. The highest BCUT2D eigenvalue weighted by atomic mass is 19.1. The number of benzene rings is 1. The van der Waals surface area contributed by atoms with Gasteiger partial charge in [0.05, 0.1) is 5.92 Å². The van der Waals surface area contributed by atoms with Crippen LogP contribution < -0.4 is 4.74 Å². The Balaban J connectivity index is 1.44. The Kier molecular flexibility index (Phi) is 4.78. The molecule has 1 aliphatic heterocycles. The van der Waals surface area contributed by atoms with E-state index in [9.17, 15) is 9.18 Å². The van der Waals surface area contributed by atoms with E-state index in [4.69, 9.17) is 9.26 Å². The van der Waals surface area contributed by atoms with Crippen molar-refractivity contribution in [3.05, 3.63) is 66.1 Å². The Morgan fingerprint density at radius 3 is 3.00 bits per heavy atom. The minimum atomic E-state index is -0.410. The average molecular weight is 368 g/mol. The fraction of sp³-hybridized carbons (Fsp3) is 0.263. The van der Waals surface area contributed by atoms with Gasteiger partial charge in [-0.15, -0.1) is 0 Å². The van der Waals surface area contributed by atoms with Crippen molar-refractivity contribution in [1.29, 1.82) is 0 Å². The average Bonchev–Trinajstić information content (AvgIpc) is 3.17. The van der Waals surface area contributed by atoms with E-state index in [1.165, 1.54) is 18.2 Å². The van der Waals surface area contributed by atoms with E-state index >= 15 is 0 Å². The fourth-order valence-electron chi connectivity index (χ4n) is 3.08. The highest BCUT2D eigenvalue weighted by molar-refractivity contribution is 5.92. The predicted molar refractivity (Wildman–Crippen MR) is 92.9 cm³/mol. The molecule has 1 aliphatic rings. The summed E-state index contributed by atoms with van der Waals surface area (Å²) in [6, 6.07) is 11.0. The molecule has 3 aromatic rings. The topological polar surface area (TPSA) is 81.4 Å². The molecule has 2 aromatic heterocycles. The molecule has 1 amide bonds. The van der Waals surface area contributed by atoms with E-state index in [-0.39, 0.29) is 23.6 Å². The third-order valence-corrected chi connectivity index (χ3v) is 4.37. The van der Waals surface area contributed by atoms with Crippen molar-refractivity contribution in [2.45, 2.75) is 18.8 Å². The van der Waals surface area contributed by atoms with Crippen LogP contribution in [0.4, 0.5) is 4.39 Å². The summed E-state index contributed by atoms with van der Waals surface area (Å²) in [6.45, 7) is 1.13. The van der Waals surface area contributed by atoms with Gasteiger partial charge in [-0.1, -0.05) is 12.1 Å².